The molecule has 0 saturated heterocycles. The van der Waals surface area contributed by atoms with Gasteiger partial charge in [-0.2, -0.15) is 0 Å². The first-order chi connectivity index (χ1) is 16.0. The average Bonchev–Trinajstić information content (AvgIpc) is 3.15. The Balaban J connectivity index is 1.47. The normalized spacial score (nSPS) is 11.8. The van der Waals surface area contributed by atoms with Gasteiger partial charge in [0.2, 0.25) is 0 Å². The van der Waals surface area contributed by atoms with E-state index in [2.05, 4.69) is 15.6 Å². The molecular formula is C27H27N3O3. The van der Waals surface area contributed by atoms with Gasteiger partial charge in [0.05, 0.1) is 5.56 Å². The summed E-state index contributed by atoms with van der Waals surface area (Å²) in [5.74, 6) is 0.191. The first-order valence-corrected chi connectivity index (χ1v) is 11.1. The van der Waals surface area contributed by atoms with Crippen LogP contribution in [0.15, 0.2) is 77.2 Å². The van der Waals surface area contributed by atoms with Crippen LogP contribution in [0.3, 0.4) is 0 Å². The highest BCUT2D eigenvalue weighted by atomic mass is 16.3. The van der Waals surface area contributed by atoms with Gasteiger partial charge in [0, 0.05) is 23.7 Å². The maximum atomic E-state index is 13.2. The highest BCUT2D eigenvalue weighted by Crippen LogP contribution is 2.25. The number of furan rings is 1. The molecule has 4 rings (SSSR count). The van der Waals surface area contributed by atoms with Crippen LogP contribution in [-0.4, -0.2) is 29.4 Å². The first-order valence-electron chi connectivity index (χ1n) is 11.1. The summed E-state index contributed by atoms with van der Waals surface area (Å²) in [7, 11) is 0. The third-order valence-corrected chi connectivity index (χ3v) is 5.56. The molecule has 33 heavy (non-hydrogen) atoms. The number of carbonyl (C=O) groups is 2. The highest BCUT2D eigenvalue weighted by molar-refractivity contribution is 6.07. The lowest BCUT2D eigenvalue weighted by Gasteiger charge is -2.19. The smallest absolute Gasteiger partial charge is 0.269 e. The zero-order chi connectivity index (χ0) is 23.2. The van der Waals surface area contributed by atoms with Gasteiger partial charge in [0.15, 0.2) is 0 Å². The maximum Gasteiger partial charge on any atom is 0.269 e. The van der Waals surface area contributed by atoms with Crippen LogP contribution in [-0.2, 0) is 6.42 Å². The molecule has 1 atom stereocenters. The summed E-state index contributed by atoms with van der Waals surface area (Å²) in [4.78, 5) is 30.0. The lowest BCUT2D eigenvalue weighted by Crippen LogP contribution is -2.39. The minimum absolute atomic E-state index is 0.168. The Bertz CT molecular complexity index is 1260. The SMILES string of the molecule is Cc1cccc(C(=O)NCCC(Cc2ccccc2)NC(=O)c2c(C)oc3ccccc23)n1. The summed E-state index contributed by atoms with van der Waals surface area (Å²) in [6, 6.07) is 22.7. The predicted molar refractivity (Wildman–Crippen MR) is 128 cm³/mol. The van der Waals surface area contributed by atoms with Crippen molar-refractivity contribution in [1.82, 2.24) is 15.6 Å². The molecule has 0 aliphatic rings. The second-order valence-electron chi connectivity index (χ2n) is 8.10. The summed E-state index contributed by atoms with van der Waals surface area (Å²) >= 11 is 0. The van der Waals surface area contributed by atoms with Crippen LogP contribution >= 0.6 is 0 Å². The number of hydrogen-bond donors (Lipinski definition) is 2. The third-order valence-electron chi connectivity index (χ3n) is 5.56. The van der Waals surface area contributed by atoms with E-state index in [1.807, 2.05) is 73.7 Å². The van der Waals surface area contributed by atoms with Crippen molar-refractivity contribution >= 4 is 22.8 Å². The zero-order valence-corrected chi connectivity index (χ0v) is 18.8. The molecule has 2 N–H and O–H groups in total. The van der Waals surface area contributed by atoms with Crippen LogP contribution in [0.5, 0.6) is 0 Å². The summed E-state index contributed by atoms with van der Waals surface area (Å²) in [5, 5.41) is 6.87. The lowest BCUT2D eigenvalue weighted by molar-refractivity contribution is 0.0933. The van der Waals surface area contributed by atoms with E-state index in [-0.39, 0.29) is 17.9 Å². The van der Waals surface area contributed by atoms with Crippen LogP contribution in [0.1, 0.15) is 44.3 Å². The Morgan fingerprint density at radius 1 is 0.909 bits per heavy atom. The van der Waals surface area contributed by atoms with Crippen molar-refractivity contribution in [2.75, 3.05) is 6.54 Å². The van der Waals surface area contributed by atoms with Gasteiger partial charge >= 0.3 is 0 Å². The molecule has 1 unspecified atom stereocenters. The van der Waals surface area contributed by atoms with Gasteiger partial charge in [-0.05, 0) is 50.5 Å². The number of carbonyl (C=O) groups excluding carboxylic acids is 2. The molecule has 2 amide bonds. The number of fused-ring (bicyclic) bond motifs is 1. The fraction of sp³-hybridized carbons (Fsp3) is 0.222. The van der Waals surface area contributed by atoms with E-state index in [0.717, 1.165) is 16.6 Å². The molecule has 6 heteroatoms. The van der Waals surface area contributed by atoms with Crippen molar-refractivity contribution < 1.29 is 14.0 Å². The molecule has 0 spiro atoms. The van der Waals surface area contributed by atoms with Gasteiger partial charge in [-0.15, -0.1) is 0 Å². The fourth-order valence-electron chi connectivity index (χ4n) is 3.95. The molecule has 2 aromatic carbocycles. The number of aryl methyl sites for hydroxylation is 2. The number of para-hydroxylation sites is 1. The van der Waals surface area contributed by atoms with Crippen LogP contribution in [0.25, 0.3) is 11.0 Å². The van der Waals surface area contributed by atoms with Gasteiger partial charge in [-0.3, -0.25) is 9.59 Å². The van der Waals surface area contributed by atoms with Gasteiger partial charge in [-0.1, -0.05) is 54.6 Å². The molecule has 6 nitrogen and oxygen atoms in total. The van der Waals surface area contributed by atoms with E-state index in [0.29, 0.717) is 42.0 Å². The number of nitrogens with one attached hydrogen (secondary N) is 2. The number of benzene rings is 2. The molecule has 168 valence electrons. The average molecular weight is 442 g/mol. The van der Waals surface area contributed by atoms with E-state index in [1.165, 1.54) is 0 Å². The largest absolute Gasteiger partial charge is 0.461 e. The molecule has 2 aromatic heterocycles. The first kappa shape index (κ1) is 22.3. The number of pyridine rings is 1. The van der Waals surface area contributed by atoms with E-state index in [9.17, 15) is 9.59 Å². The van der Waals surface area contributed by atoms with Gasteiger partial charge in [-0.25, -0.2) is 4.98 Å². The predicted octanol–water partition coefficient (Wildman–Crippen LogP) is 4.61. The Morgan fingerprint density at radius 2 is 1.67 bits per heavy atom. The van der Waals surface area contributed by atoms with Crippen molar-refractivity contribution in [2.45, 2.75) is 32.7 Å². The van der Waals surface area contributed by atoms with E-state index >= 15 is 0 Å². The van der Waals surface area contributed by atoms with Crippen molar-refractivity contribution in [2.24, 2.45) is 0 Å². The lowest BCUT2D eigenvalue weighted by atomic mass is 10.0. The van der Waals surface area contributed by atoms with Gasteiger partial charge < -0.3 is 15.1 Å². The zero-order valence-electron chi connectivity index (χ0n) is 18.8. The minimum Gasteiger partial charge on any atom is -0.461 e. The van der Waals surface area contributed by atoms with E-state index in [4.69, 9.17) is 4.42 Å². The molecule has 0 radical (unpaired) electrons. The van der Waals surface area contributed by atoms with Crippen molar-refractivity contribution in [3.63, 3.8) is 0 Å². The Labute approximate surface area is 193 Å². The molecule has 0 saturated carbocycles. The number of hydrogen-bond acceptors (Lipinski definition) is 4. The molecule has 4 aromatic rings. The quantitative estimate of drug-likeness (QED) is 0.418. The molecule has 0 bridgehead atoms. The van der Waals surface area contributed by atoms with Crippen LogP contribution in [0.2, 0.25) is 0 Å². The topological polar surface area (TPSA) is 84.2 Å². The van der Waals surface area contributed by atoms with Gasteiger partial charge in [0.1, 0.15) is 17.0 Å². The Morgan fingerprint density at radius 3 is 2.45 bits per heavy atom. The summed E-state index contributed by atoms with van der Waals surface area (Å²) in [6.07, 6.45) is 1.23. The van der Waals surface area contributed by atoms with Crippen molar-refractivity contribution in [3.05, 3.63) is 101 Å². The Kier molecular flexibility index (Phi) is 6.83. The number of rotatable bonds is 8. The summed E-state index contributed by atoms with van der Waals surface area (Å²) in [5.41, 5.74) is 3.54. The number of aromatic nitrogens is 1. The molecule has 2 heterocycles. The van der Waals surface area contributed by atoms with E-state index < -0.39 is 0 Å². The molecule has 0 aliphatic carbocycles. The molecule has 0 aliphatic heterocycles. The van der Waals surface area contributed by atoms with Crippen molar-refractivity contribution in [3.8, 4) is 0 Å². The second kappa shape index (κ2) is 10.1. The summed E-state index contributed by atoms with van der Waals surface area (Å²) < 4.78 is 5.77. The van der Waals surface area contributed by atoms with Crippen LogP contribution in [0.4, 0.5) is 0 Å². The highest BCUT2D eigenvalue weighted by Gasteiger charge is 2.21. The monoisotopic (exact) mass is 441 g/mol. The number of nitrogens with zero attached hydrogens (tertiary/aromatic N) is 1. The maximum absolute atomic E-state index is 13.2. The van der Waals surface area contributed by atoms with Gasteiger partial charge in [0.25, 0.3) is 11.8 Å². The molecular weight excluding hydrogens is 414 g/mol. The Hall–Kier alpha value is -3.93. The van der Waals surface area contributed by atoms with Crippen LogP contribution in [0, 0.1) is 13.8 Å². The second-order valence-corrected chi connectivity index (χ2v) is 8.10. The van der Waals surface area contributed by atoms with Crippen molar-refractivity contribution in [1.29, 1.82) is 0 Å². The van der Waals surface area contributed by atoms with Crippen LogP contribution < -0.4 is 10.6 Å². The fourth-order valence-corrected chi connectivity index (χ4v) is 3.95. The summed E-state index contributed by atoms with van der Waals surface area (Å²) in [6.45, 7) is 4.07. The standard InChI is InChI=1S/C27H27N3O3/c1-18-9-8-13-23(29-18)26(31)28-16-15-21(17-20-10-4-3-5-11-20)30-27(32)25-19(2)33-24-14-7-6-12-22(24)25/h3-14,21H,15-17H2,1-2H3,(H,28,31)(H,30,32). The minimum atomic E-state index is -0.222. The third kappa shape index (κ3) is 5.47. The number of amides is 2. The van der Waals surface area contributed by atoms with E-state index in [1.54, 1.807) is 13.0 Å². The molecule has 0 fully saturated rings.